The lowest BCUT2D eigenvalue weighted by atomic mass is 9.98. The lowest BCUT2D eigenvalue weighted by Gasteiger charge is -2.18. The van der Waals surface area contributed by atoms with E-state index in [0.717, 1.165) is 0 Å². The lowest BCUT2D eigenvalue weighted by Crippen LogP contribution is -2.30. The molecule has 0 aliphatic carbocycles. The van der Waals surface area contributed by atoms with Crippen molar-refractivity contribution in [3.05, 3.63) is 77.4 Å². The molecule has 0 aliphatic heterocycles. The van der Waals surface area contributed by atoms with E-state index in [1.54, 1.807) is 42.5 Å². The number of carbonyl (C=O) groups is 1. The summed E-state index contributed by atoms with van der Waals surface area (Å²) in [7, 11) is 0. The maximum absolute atomic E-state index is 14.4. The topological polar surface area (TPSA) is 17.1 Å². The average Bonchev–Trinajstić information content (AvgIpc) is 2.54. The second kappa shape index (κ2) is 6.47. The first-order chi connectivity index (χ1) is 9.94. The third-order valence-corrected chi connectivity index (χ3v) is 4.58. The standard InChI is InChI=1S/C17H13F2IO/c1-12(15(20)13-8-4-2-5-9-13)17(18,19)16(21)14-10-6-3-7-11-14/h2-11H,1H3/b15-12+. The average molecular weight is 398 g/mol. The molecule has 0 spiro atoms. The number of carbonyl (C=O) groups excluding carboxylic acids is 1. The van der Waals surface area contributed by atoms with Crippen LogP contribution < -0.4 is 0 Å². The number of ketones is 1. The van der Waals surface area contributed by atoms with E-state index < -0.39 is 11.7 Å². The van der Waals surface area contributed by atoms with Crippen molar-refractivity contribution in [2.45, 2.75) is 12.8 Å². The molecule has 2 aromatic rings. The molecule has 0 aliphatic rings. The normalized spacial score (nSPS) is 12.8. The molecule has 21 heavy (non-hydrogen) atoms. The van der Waals surface area contributed by atoms with Crippen molar-refractivity contribution in [2.75, 3.05) is 0 Å². The van der Waals surface area contributed by atoms with Crippen LogP contribution in [0.1, 0.15) is 22.8 Å². The molecule has 2 rings (SSSR count). The largest absolute Gasteiger partial charge is 0.332 e. The number of halogens is 3. The van der Waals surface area contributed by atoms with Crippen LogP contribution >= 0.6 is 22.6 Å². The van der Waals surface area contributed by atoms with Gasteiger partial charge in [-0.15, -0.1) is 0 Å². The number of rotatable bonds is 4. The highest BCUT2D eigenvalue weighted by atomic mass is 127. The Hall–Kier alpha value is -1.56. The van der Waals surface area contributed by atoms with Gasteiger partial charge in [-0.1, -0.05) is 60.7 Å². The van der Waals surface area contributed by atoms with Crippen molar-refractivity contribution < 1.29 is 13.6 Å². The summed E-state index contributed by atoms with van der Waals surface area (Å²) in [6.07, 6.45) is 0. The maximum Gasteiger partial charge on any atom is 0.332 e. The molecule has 4 heteroatoms. The van der Waals surface area contributed by atoms with E-state index in [1.807, 2.05) is 28.7 Å². The second-order valence-electron chi connectivity index (χ2n) is 4.57. The number of allylic oxidation sites excluding steroid dienone is 1. The van der Waals surface area contributed by atoms with Crippen molar-refractivity contribution in [1.82, 2.24) is 0 Å². The van der Waals surface area contributed by atoms with Crippen LogP contribution in [0.15, 0.2) is 66.2 Å². The third kappa shape index (κ3) is 3.37. The first kappa shape index (κ1) is 15.8. The molecule has 0 amide bonds. The molecule has 0 atom stereocenters. The van der Waals surface area contributed by atoms with E-state index in [2.05, 4.69) is 0 Å². The highest BCUT2D eigenvalue weighted by Crippen LogP contribution is 2.36. The van der Waals surface area contributed by atoms with E-state index >= 15 is 0 Å². The second-order valence-corrected chi connectivity index (χ2v) is 5.65. The van der Waals surface area contributed by atoms with Crippen molar-refractivity contribution in [3.63, 3.8) is 0 Å². The van der Waals surface area contributed by atoms with E-state index in [0.29, 0.717) is 9.14 Å². The van der Waals surface area contributed by atoms with E-state index in [1.165, 1.54) is 19.1 Å². The molecule has 0 unspecified atom stereocenters. The van der Waals surface area contributed by atoms with Gasteiger partial charge in [0.2, 0.25) is 5.78 Å². The Morgan fingerprint density at radius 2 is 1.33 bits per heavy atom. The summed E-state index contributed by atoms with van der Waals surface area (Å²) in [4.78, 5) is 12.1. The molecule has 1 nitrogen and oxygen atoms in total. The van der Waals surface area contributed by atoms with E-state index in [-0.39, 0.29) is 11.1 Å². The van der Waals surface area contributed by atoms with Gasteiger partial charge in [-0.25, -0.2) is 0 Å². The van der Waals surface area contributed by atoms with Crippen molar-refractivity contribution >= 4 is 32.0 Å². The van der Waals surface area contributed by atoms with Gasteiger partial charge in [-0.2, -0.15) is 8.78 Å². The van der Waals surface area contributed by atoms with Crippen LogP contribution in [-0.2, 0) is 0 Å². The Balaban J connectivity index is 2.41. The third-order valence-electron chi connectivity index (χ3n) is 3.15. The first-order valence-corrected chi connectivity index (χ1v) is 7.42. The Kier molecular flexibility index (Phi) is 4.88. The number of Topliss-reactive ketones (excluding diaryl/α,β-unsaturated/α-hetero) is 1. The maximum atomic E-state index is 14.4. The Morgan fingerprint density at radius 3 is 1.81 bits per heavy atom. The van der Waals surface area contributed by atoms with Gasteiger partial charge in [0.15, 0.2) is 0 Å². The Labute approximate surface area is 135 Å². The molecule has 0 fully saturated rings. The predicted octanol–water partition coefficient (Wildman–Crippen LogP) is 5.37. The number of hydrogen-bond acceptors (Lipinski definition) is 1. The molecule has 0 heterocycles. The molecular formula is C17H13F2IO. The van der Waals surface area contributed by atoms with Gasteiger partial charge >= 0.3 is 5.92 Å². The van der Waals surface area contributed by atoms with Crippen LogP contribution in [0.25, 0.3) is 3.58 Å². The SMILES string of the molecule is C/C(=C(\I)c1ccccc1)C(F)(F)C(=O)c1ccccc1. The monoisotopic (exact) mass is 398 g/mol. The van der Waals surface area contributed by atoms with Crippen LogP contribution in [0.4, 0.5) is 8.78 Å². The minimum Gasteiger partial charge on any atom is -0.287 e. The zero-order chi connectivity index (χ0) is 15.5. The minimum absolute atomic E-state index is 0.0131. The number of hydrogen-bond donors (Lipinski definition) is 0. The number of benzene rings is 2. The molecule has 0 aromatic heterocycles. The van der Waals surface area contributed by atoms with Gasteiger partial charge in [-0.3, -0.25) is 4.79 Å². The predicted molar refractivity (Wildman–Crippen MR) is 88.8 cm³/mol. The minimum atomic E-state index is -3.52. The van der Waals surface area contributed by atoms with Gasteiger partial charge in [-0.05, 0) is 35.1 Å². The van der Waals surface area contributed by atoms with Crippen LogP contribution in [0.5, 0.6) is 0 Å². The fourth-order valence-corrected chi connectivity index (χ4v) is 2.58. The van der Waals surface area contributed by atoms with E-state index in [9.17, 15) is 13.6 Å². The Morgan fingerprint density at radius 1 is 0.905 bits per heavy atom. The lowest BCUT2D eigenvalue weighted by molar-refractivity contribution is 0.0326. The summed E-state index contributed by atoms with van der Waals surface area (Å²) >= 11 is 1.86. The van der Waals surface area contributed by atoms with Crippen molar-refractivity contribution in [3.8, 4) is 0 Å². The van der Waals surface area contributed by atoms with Crippen LogP contribution in [0, 0.1) is 0 Å². The van der Waals surface area contributed by atoms with Gasteiger partial charge in [0.25, 0.3) is 0 Å². The van der Waals surface area contributed by atoms with Crippen LogP contribution in [0.2, 0.25) is 0 Å². The van der Waals surface area contributed by atoms with Crippen molar-refractivity contribution in [1.29, 1.82) is 0 Å². The van der Waals surface area contributed by atoms with Crippen molar-refractivity contribution in [2.24, 2.45) is 0 Å². The summed E-state index contributed by atoms with van der Waals surface area (Å²) in [5, 5.41) is 0. The summed E-state index contributed by atoms with van der Waals surface area (Å²) in [5.74, 6) is -4.70. The highest BCUT2D eigenvalue weighted by molar-refractivity contribution is 14.1. The highest BCUT2D eigenvalue weighted by Gasteiger charge is 2.42. The summed E-state index contributed by atoms with van der Waals surface area (Å²) in [6, 6.07) is 16.5. The number of alkyl halides is 2. The molecule has 0 saturated heterocycles. The van der Waals surface area contributed by atoms with Gasteiger partial charge in [0.05, 0.1) is 0 Å². The first-order valence-electron chi connectivity index (χ1n) is 6.34. The molecule has 2 aromatic carbocycles. The fourth-order valence-electron chi connectivity index (χ4n) is 1.88. The van der Waals surface area contributed by atoms with Crippen LogP contribution in [0.3, 0.4) is 0 Å². The molecule has 0 N–H and O–H groups in total. The zero-order valence-electron chi connectivity index (χ0n) is 11.3. The fraction of sp³-hybridized carbons (Fsp3) is 0.118. The smallest absolute Gasteiger partial charge is 0.287 e. The molecule has 0 radical (unpaired) electrons. The van der Waals surface area contributed by atoms with Gasteiger partial charge < -0.3 is 0 Å². The summed E-state index contributed by atoms with van der Waals surface area (Å²) < 4.78 is 29.2. The molecule has 0 bridgehead atoms. The van der Waals surface area contributed by atoms with Crippen LogP contribution in [-0.4, -0.2) is 11.7 Å². The molecular weight excluding hydrogens is 385 g/mol. The van der Waals surface area contributed by atoms with E-state index in [4.69, 9.17) is 0 Å². The zero-order valence-corrected chi connectivity index (χ0v) is 13.5. The quantitative estimate of drug-likeness (QED) is 0.500. The van der Waals surface area contributed by atoms with Gasteiger partial charge in [0, 0.05) is 14.7 Å². The summed E-state index contributed by atoms with van der Waals surface area (Å²) in [5.41, 5.74) is 0.457. The Bertz CT molecular complexity index is 664. The van der Waals surface area contributed by atoms with Gasteiger partial charge in [0.1, 0.15) is 0 Å². The molecule has 0 saturated carbocycles. The molecule has 108 valence electrons. The summed E-state index contributed by atoms with van der Waals surface area (Å²) in [6.45, 7) is 1.30.